The molecule has 106 valence electrons. The molecule has 0 saturated carbocycles. The monoisotopic (exact) mass is 275 g/mol. The molecule has 2 unspecified atom stereocenters. The van der Waals surface area contributed by atoms with Crippen LogP contribution in [0.4, 0.5) is 11.4 Å². The zero-order chi connectivity index (χ0) is 14.1. The molecule has 3 N–H and O–H groups in total. The average molecular weight is 275 g/mol. The average Bonchev–Trinajstić information content (AvgIpc) is 2.84. The van der Waals surface area contributed by atoms with Crippen LogP contribution in [0.1, 0.15) is 6.92 Å². The normalized spacial score (nSPS) is 24.6. The van der Waals surface area contributed by atoms with Gasteiger partial charge in [-0.05, 0) is 30.7 Å². The molecule has 2 atom stereocenters. The first-order chi connectivity index (χ1) is 9.63. The fourth-order valence-corrected chi connectivity index (χ4v) is 2.56. The molecule has 2 aliphatic heterocycles. The van der Waals surface area contributed by atoms with E-state index in [0.717, 1.165) is 6.54 Å². The summed E-state index contributed by atoms with van der Waals surface area (Å²) in [5, 5.41) is 8.82. The van der Waals surface area contributed by atoms with Crippen molar-refractivity contribution in [3.63, 3.8) is 0 Å². The largest absolute Gasteiger partial charge is 0.482 e. The number of nitrogens with one attached hydrogen (secondary N) is 3. The summed E-state index contributed by atoms with van der Waals surface area (Å²) >= 11 is 0. The summed E-state index contributed by atoms with van der Waals surface area (Å²) in [5.74, 6) is 0.756. The summed E-state index contributed by atoms with van der Waals surface area (Å²) in [5.41, 5.74) is 1.26. The molecule has 2 heterocycles. The van der Waals surface area contributed by atoms with Gasteiger partial charge in [-0.15, -0.1) is 0 Å². The van der Waals surface area contributed by atoms with E-state index in [2.05, 4.69) is 22.9 Å². The molecule has 6 nitrogen and oxygen atoms in total. The summed E-state index contributed by atoms with van der Waals surface area (Å²) in [6.45, 7) is 3.67. The van der Waals surface area contributed by atoms with Gasteiger partial charge in [0, 0.05) is 12.2 Å². The number of hydrogen-bond donors (Lipinski definition) is 3. The molecule has 1 saturated heterocycles. The Balaban J connectivity index is 1.73. The molecule has 1 aromatic carbocycles. The Morgan fingerprint density at radius 1 is 1.40 bits per heavy atom. The quantitative estimate of drug-likeness (QED) is 0.746. The number of hydrogen-bond acceptors (Lipinski definition) is 4. The van der Waals surface area contributed by atoms with E-state index in [1.54, 1.807) is 18.2 Å². The molecule has 6 heteroatoms. The first kappa shape index (κ1) is 12.9. The maximum Gasteiger partial charge on any atom is 0.262 e. The molecule has 3 rings (SSSR count). The number of carbonyl (C=O) groups is 2. The smallest absolute Gasteiger partial charge is 0.262 e. The van der Waals surface area contributed by atoms with Crippen LogP contribution in [0.2, 0.25) is 0 Å². The minimum Gasteiger partial charge on any atom is -0.482 e. The molecule has 0 aromatic heterocycles. The predicted octanol–water partition coefficient (Wildman–Crippen LogP) is 0.811. The van der Waals surface area contributed by atoms with Crippen molar-refractivity contribution in [2.75, 3.05) is 30.3 Å². The van der Waals surface area contributed by atoms with E-state index in [9.17, 15) is 9.59 Å². The van der Waals surface area contributed by atoms with Gasteiger partial charge < -0.3 is 20.7 Å². The number of amides is 2. The molecule has 0 spiro atoms. The van der Waals surface area contributed by atoms with Gasteiger partial charge in [0.05, 0.1) is 11.6 Å². The molecule has 0 radical (unpaired) electrons. The molecule has 2 amide bonds. The summed E-state index contributed by atoms with van der Waals surface area (Å²) < 4.78 is 5.28. The molecule has 1 fully saturated rings. The van der Waals surface area contributed by atoms with Gasteiger partial charge in [0.1, 0.15) is 5.75 Å². The maximum atomic E-state index is 12.2. The Morgan fingerprint density at radius 2 is 2.25 bits per heavy atom. The van der Waals surface area contributed by atoms with Crippen LogP contribution in [0.25, 0.3) is 0 Å². The van der Waals surface area contributed by atoms with Crippen molar-refractivity contribution >= 4 is 23.2 Å². The first-order valence-corrected chi connectivity index (χ1v) is 6.72. The van der Waals surface area contributed by atoms with Crippen LogP contribution in [0.5, 0.6) is 5.75 Å². The Bertz CT molecular complexity index is 559. The lowest BCUT2D eigenvalue weighted by atomic mass is 9.97. The highest BCUT2D eigenvalue weighted by molar-refractivity contribution is 5.98. The van der Waals surface area contributed by atoms with E-state index in [1.165, 1.54) is 0 Å². The predicted molar refractivity (Wildman–Crippen MR) is 74.7 cm³/mol. The van der Waals surface area contributed by atoms with Crippen LogP contribution < -0.4 is 20.7 Å². The molecular weight excluding hydrogens is 258 g/mol. The minimum atomic E-state index is -0.186. The van der Waals surface area contributed by atoms with Crippen LogP contribution in [0, 0.1) is 11.8 Å². The van der Waals surface area contributed by atoms with Crippen LogP contribution in [-0.2, 0) is 9.59 Å². The second kappa shape index (κ2) is 5.13. The SMILES string of the molecule is CC1CNCC1C(=O)Nc1ccc2c(c1)NC(=O)CO2. The topological polar surface area (TPSA) is 79.5 Å². The summed E-state index contributed by atoms with van der Waals surface area (Å²) in [4.78, 5) is 23.5. The second-order valence-corrected chi connectivity index (χ2v) is 5.28. The highest BCUT2D eigenvalue weighted by Gasteiger charge is 2.29. The van der Waals surface area contributed by atoms with Gasteiger partial charge in [0.2, 0.25) is 5.91 Å². The first-order valence-electron chi connectivity index (χ1n) is 6.72. The van der Waals surface area contributed by atoms with Crippen LogP contribution >= 0.6 is 0 Å². The van der Waals surface area contributed by atoms with E-state index < -0.39 is 0 Å². The lowest BCUT2D eigenvalue weighted by Crippen LogP contribution is -2.28. The summed E-state index contributed by atoms with van der Waals surface area (Å²) in [6.07, 6.45) is 0. The van der Waals surface area contributed by atoms with E-state index in [0.29, 0.717) is 29.6 Å². The third kappa shape index (κ3) is 2.46. The van der Waals surface area contributed by atoms with Crippen LogP contribution in [-0.4, -0.2) is 31.5 Å². The van der Waals surface area contributed by atoms with Crippen molar-refractivity contribution in [3.05, 3.63) is 18.2 Å². The maximum absolute atomic E-state index is 12.2. The molecule has 1 aromatic rings. The lowest BCUT2D eigenvalue weighted by Gasteiger charge is -2.19. The summed E-state index contributed by atoms with van der Waals surface area (Å²) in [6, 6.07) is 5.25. The number of benzene rings is 1. The highest BCUT2D eigenvalue weighted by atomic mass is 16.5. The third-order valence-corrected chi connectivity index (χ3v) is 3.73. The molecule has 0 aliphatic carbocycles. The second-order valence-electron chi connectivity index (χ2n) is 5.28. The zero-order valence-corrected chi connectivity index (χ0v) is 11.2. The molecular formula is C14H17N3O3. The van der Waals surface area contributed by atoms with Gasteiger partial charge in [-0.3, -0.25) is 9.59 Å². The fraction of sp³-hybridized carbons (Fsp3) is 0.429. The van der Waals surface area contributed by atoms with Crippen LogP contribution in [0.3, 0.4) is 0 Å². The van der Waals surface area contributed by atoms with Crippen LogP contribution in [0.15, 0.2) is 18.2 Å². The number of carbonyl (C=O) groups excluding carboxylic acids is 2. The van der Waals surface area contributed by atoms with Gasteiger partial charge in [-0.2, -0.15) is 0 Å². The van der Waals surface area contributed by atoms with Crippen molar-refractivity contribution in [3.8, 4) is 5.75 Å². The Labute approximate surface area is 116 Å². The van der Waals surface area contributed by atoms with Gasteiger partial charge >= 0.3 is 0 Å². The molecule has 20 heavy (non-hydrogen) atoms. The van der Waals surface area contributed by atoms with E-state index >= 15 is 0 Å². The number of rotatable bonds is 2. The Morgan fingerprint density at radius 3 is 3.00 bits per heavy atom. The van der Waals surface area contributed by atoms with Gasteiger partial charge in [0.25, 0.3) is 5.91 Å². The van der Waals surface area contributed by atoms with Crippen molar-refractivity contribution in [2.24, 2.45) is 11.8 Å². The number of anilines is 2. The Kier molecular flexibility index (Phi) is 3.31. The van der Waals surface area contributed by atoms with E-state index in [1.807, 2.05) is 0 Å². The van der Waals surface area contributed by atoms with Crippen molar-refractivity contribution in [1.29, 1.82) is 0 Å². The van der Waals surface area contributed by atoms with Crippen molar-refractivity contribution < 1.29 is 14.3 Å². The minimum absolute atomic E-state index is 0.00510. The number of fused-ring (bicyclic) bond motifs is 1. The van der Waals surface area contributed by atoms with Gasteiger partial charge in [-0.25, -0.2) is 0 Å². The molecule has 0 bridgehead atoms. The number of ether oxygens (including phenoxy) is 1. The Hall–Kier alpha value is -2.08. The van der Waals surface area contributed by atoms with Gasteiger partial charge in [0.15, 0.2) is 6.61 Å². The lowest BCUT2D eigenvalue weighted by molar-refractivity contribution is -0.120. The zero-order valence-electron chi connectivity index (χ0n) is 11.2. The van der Waals surface area contributed by atoms with Gasteiger partial charge in [-0.1, -0.05) is 6.92 Å². The van der Waals surface area contributed by atoms with E-state index in [4.69, 9.17) is 4.74 Å². The summed E-state index contributed by atoms with van der Waals surface area (Å²) in [7, 11) is 0. The van der Waals surface area contributed by atoms with Crippen molar-refractivity contribution in [2.45, 2.75) is 6.92 Å². The third-order valence-electron chi connectivity index (χ3n) is 3.73. The highest BCUT2D eigenvalue weighted by Crippen LogP contribution is 2.30. The van der Waals surface area contributed by atoms with Crippen molar-refractivity contribution in [1.82, 2.24) is 5.32 Å². The standard InChI is InChI=1S/C14H17N3O3/c1-8-5-15-6-10(8)14(19)16-9-2-3-12-11(4-9)17-13(18)7-20-12/h2-4,8,10,15H,5-7H2,1H3,(H,16,19)(H,17,18). The molecule has 2 aliphatic rings. The fourth-order valence-electron chi connectivity index (χ4n) is 2.56. The van der Waals surface area contributed by atoms with E-state index in [-0.39, 0.29) is 24.3 Å².